The first-order valence-corrected chi connectivity index (χ1v) is 7.67. The van der Waals surface area contributed by atoms with Gasteiger partial charge in [-0.25, -0.2) is 0 Å². The van der Waals surface area contributed by atoms with Gasteiger partial charge in [0.2, 0.25) is 0 Å². The number of nitrogens with two attached hydrogens (primary N) is 1. The molecule has 0 atom stereocenters. The Hall–Kier alpha value is -2.00. The van der Waals surface area contributed by atoms with E-state index in [1.165, 1.54) is 12.5 Å². The van der Waals surface area contributed by atoms with Crippen LogP contribution in [0.4, 0.5) is 0 Å². The number of ketones is 1. The molecule has 0 aliphatic rings. The Morgan fingerprint density at radius 1 is 1.00 bits per heavy atom. The van der Waals surface area contributed by atoms with Crippen LogP contribution in [0.25, 0.3) is 5.70 Å². The number of benzene rings is 2. The van der Waals surface area contributed by atoms with Gasteiger partial charge in [-0.15, -0.1) is 12.6 Å². The molecule has 0 aliphatic carbocycles. The largest absolute Gasteiger partial charge is 0.399 e. The molecule has 0 amide bonds. The second-order valence-electron chi connectivity index (χ2n) is 4.45. The average Bonchev–Trinajstić information content (AvgIpc) is 2.53. The molecule has 0 saturated carbocycles. The van der Waals surface area contributed by atoms with E-state index in [4.69, 9.17) is 5.73 Å². The van der Waals surface area contributed by atoms with Crippen molar-refractivity contribution in [2.75, 3.05) is 0 Å². The highest BCUT2D eigenvalue weighted by Gasteiger charge is 1.98. The summed E-state index contributed by atoms with van der Waals surface area (Å²) in [6.45, 7) is 11.2. The number of aryl methyl sites for hydroxylation is 1. The molecule has 2 nitrogen and oxygen atoms in total. The van der Waals surface area contributed by atoms with Gasteiger partial charge in [0.1, 0.15) is 0 Å². The van der Waals surface area contributed by atoms with Crippen LogP contribution in [0.1, 0.15) is 42.3 Å². The van der Waals surface area contributed by atoms with Crippen LogP contribution in [0.5, 0.6) is 0 Å². The molecule has 22 heavy (non-hydrogen) atoms. The second kappa shape index (κ2) is 10.7. The molecular formula is C19H25NOS. The van der Waals surface area contributed by atoms with Crippen molar-refractivity contribution >= 4 is 24.1 Å². The lowest BCUT2D eigenvalue weighted by Crippen LogP contribution is -1.96. The van der Waals surface area contributed by atoms with Gasteiger partial charge in [0, 0.05) is 16.2 Å². The lowest BCUT2D eigenvalue weighted by molar-refractivity contribution is 0.101. The van der Waals surface area contributed by atoms with E-state index in [0.717, 1.165) is 10.5 Å². The first-order chi connectivity index (χ1) is 10.4. The lowest BCUT2D eigenvalue weighted by Gasteiger charge is -1.99. The molecule has 0 saturated heterocycles. The molecule has 0 radical (unpaired) electrons. The first kappa shape index (κ1) is 20.0. The lowest BCUT2D eigenvalue weighted by atomic mass is 10.1. The molecule has 2 aromatic carbocycles. The highest BCUT2D eigenvalue weighted by Crippen LogP contribution is 2.10. The molecule has 0 aliphatic heterocycles. The molecule has 0 spiro atoms. The van der Waals surface area contributed by atoms with E-state index in [9.17, 15) is 4.79 Å². The number of thiol groups is 1. The zero-order chi connectivity index (χ0) is 17.1. The zero-order valence-corrected chi connectivity index (χ0v) is 14.7. The number of Topliss-reactive ketones (excluding diaryl/α,β-unsaturated/α-hetero) is 1. The van der Waals surface area contributed by atoms with Crippen molar-refractivity contribution in [1.29, 1.82) is 0 Å². The maximum Gasteiger partial charge on any atom is 0.159 e. The van der Waals surface area contributed by atoms with Gasteiger partial charge in [0.05, 0.1) is 0 Å². The van der Waals surface area contributed by atoms with Crippen LogP contribution in [0.2, 0.25) is 0 Å². The summed E-state index contributed by atoms with van der Waals surface area (Å²) in [7, 11) is 0. The fraction of sp³-hybridized carbons (Fsp3) is 0.211. The Morgan fingerprint density at radius 3 is 1.77 bits per heavy atom. The smallest absolute Gasteiger partial charge is 0.159 e. The number of carbonyl (C=O) groups is 1. The van der Waals surface area contributed by atoms with Crippen LogP contribution in [-0.4, -0.2) is 5.78 Å². The van der Waals surface area contributed by atoms with Gasteiger partial charge in [-0.05, 0) is 31.0 Å². The SMILES string of the molecule is C=C(N)c1ccc(C(C)=O)cc1.CC.Cc1ccccc1S. The molecule has 0 heterocycles. The standard InChI is InChI=1S/C10H11NO.C7H8S.C2H6/c1-7(11)9-3-5-10(6-4-9)8(2)12;1-6-4-2-3-5-7(6)8;1-2/h3-6H,1,11H2,2H3;2-5,8H,1H3;1-2H3. The summed E-state index contributed by atoms with van der Waals surface area (Å²) in [6.07, 6.45) is 0. The molecule has 0 fully saturated rings. The van der Waals surface area contributed by atoms with E-state index in [2.05, 4.69) is 19.2 Å². The summed E-state index contributed by atoms with van der Waals surface area (Å²) >= 11 is 4.20. The summed E-state index contributed by atoms with van der Waals surface area (Å²) in [5, 5.41) is 0. The summed E-state index contributed by atoms with van der Waals surface area (Å²) in [5.41, 5.74) is 8.77. The van der Waals surface area contributed by atoms with Gasteiger partial charge in [0.15, 0.2) is 5.78 Å². The van der Waals surface area contributed by atoms with E-state index < -0.39 is 0 Å². The third-order valence-electron chi connectivity index (χ3n) is 2.78. The maximum atomic E-state index is 10.9. The summed E-state index contributed by atoms with van der Waals surface area (Å²) in [5.74, 6) is 0.0594. The van der Waals surface area contributed by atoms with Gasteiger partial charge in [0.25, 0.3) is 0 Å². The van der Waals surface area contributed by atoms with Crippen molar-refractivity contribution in [3.05, 3.63) is 71.8 Å². The number of carbonyl (C=O) groups excluding carboxylic acids is 1. The Balaban J connectivity index is 0.000000382. The summed E-state index contributed by atoms with van der Waals surface area (Å²) in [4.78, 5) is 11.9. The van der Waals surface area contributed by atoms with Crippen molar-refractivity contribution in [3.8, 4) is 0 Å². The predicted molar refractivity (Wildman–Crippen MR) is 99.4 cm³/mol. The van der Waals surface area contributed by atoms with Crippen LogP contribution in [0.3, 0.4) is 0 Å². The molecule has 3 heteroatoms. The quantitative estimate of drug-likeness (QED) is 0.596. The third-order valence-corrected chi connectivity index (χ3v) is 3.28. The Morgan fingerprint density at radius 2 is 1.45 bits per heavy atom. The Labute approximate surface area is 139 Å². The minimum Gasteiger partial charge on any atom is -0.399 e. The monoisotopic (exact) mass is 315 g/mol. The molecule has 0 bridgehead atoms. The topological polar surface area (TPSA) is 43.1 Å². The van der Waals surface area contributed by atoms with Crippen molar-refractivity contribution in [1.82, 2.24) is 0 Å². The van der Waals surface area contributed by atoms with Crippen LogP contribution in [0, 0.1) is 6.92 Å². The molecule has 0 aromatic heterocycles. The first-order valence-electron chi connectivity index (χ1n) is 7.22. The summed E-state index contributed by atoms with van der Waals surface area (Å²) in [6, 6.07) is 15.1. The number of rotatable bonds is 2. The molecule has 118 valence electrons. The van der Waals surface area contributed by atoms with Gasteiger partial charge in [-0.1, -0.05) is 62.9 Å². The maximum absolute atomic E-state index is 10.9. The van der Waals surface area contributed by atoms with E-state index in [-0.39, 0.29) is 5.78 Å². The van der Waals surface area contributed by atoms with Gasteiger partial charge in [-0.3, -0.25) is 4.79 Å². The fourth-order valence-electron chi connectivity index (χ4n) is 1.48. The highest BCUT2D eigenvalue weighted by atomic mass is 32.1. The van der Waals surface area contributed by atoms with Gasteiger partial charge >= 0.3 is 0 Å². The third kappa shape index (κ3) is 7.14. The predicted octanol–water partition coefficient (Wildman–Crippen LogP) is 5.13. The van der Waals surface area contributed by atoms with Crippen LogP contribution < -0.4 is 5.73 Å². The van der Waals surface area contributed by atoms with Crippen molar-refractivity contribution in [2.45, 2.75) is 32.6 Å². The van der Waals surface area contributed by atoms with E-state index in [1.54, 1.807) is 24.3 Å². The molecule has 0 unspecified atom stereocenters. The number of hydrogen-bond donors (Lipinski definition) is 2. The van der Waals surface area contributed by atoms with Crippen LogP contribution >= 0.6 is 12.6 Å². The van der Waals surface area contributed by atoms with Crippen LogP contribution in [-0.2, 0) is 0 Å². The Kier molecular flexibility index (Phi) is 9.72. The van der Waals surface area contributed by atoms with Crippen LogP contribution in [0.15, 0.2) is 60.0 Å². The molecule has 2 N–H and O–H groups in total. The minimum absolute atomic E-state index is 0.0594. The Bertz CT molecular complexity index is 549. The van der Waals surface area contributed by atoms with Crippen molar-refractivity contribution in [3.63, 3.8) is 0 Å². The van der Waals surface area contributed by atoms with Crippen molar-refractivity contribution in [2.24, 2.45) is 5.73 Å². The second-order valence-corrected chi connectivity index (χ2v) is 4.93. The van der Waals surface area contributed by atoms with E-state index in [1.807, 2.05) is 45.0 Å². The summed E-state index contributed by atoms with van der Waals surface area (Å²) < 4.78 is 0. The van der Waals surface area contributed by atoms with Gasteiger partial charge < -0.3 is 5.73 Å². The minimum atomic E-state index is 0.0594. The number of hydrogen-bond acceptors (Lipinski definition) is 3. The fourth-order valence-corrected chi connectivity index (χ4v) is 1.64. The van der Waals surface area contributed by atoms with Gasteiger partial charge in [-0.2, -0.15) is 0 Å². The van der Waals surface area contributed by atoms with Crippen molar-refractivity contribution < 1.29 is 4.79 Å². The molecule has 2 rings (SSSR count). The highest BCUT2D eigenvalue weighted by molar-refractivity contribution is 7.80. The normalized spacial score (nSPS) is 8.77. The van der Waals surface area contributed by atoms with E-state index >= 15 is 0 Å². The average molecular weight is 315 g/mol. The van der Waals surface area contributed by atoms with E-state index in [0.29, 0.717) is 11.3 Å². The zero-order valence-electron chi connectivity index (χ0n) is 13.8. The molecular weight excluding hydrogens is 290 g/mol. The molecule has 2 aromatic rings.